The summed E-state index contributed by atoms with van der Waals surface area (Å²) in [5.74, 6) is -0.990. The maximum absolute atomic E-state index is 11.0. The van der Waals surface area contributed by atoms with Gasteiger partial charge in [-0.05, 0) is 18.4 Å². The molecule has 3 heteroatoms. The van der Waals surface area contributed by atoms with Gasteiger partial charge in [-0.15, -0.1) is 0 Å². The second kappa shape index (κ2) is 7.47. The zero-order valence-electron chi connectivity index (χ0n) is 11.2. The van der Waals surface area contributed by atoms with Gasteiger partial charge in [-0.2, -0.15) is 0 Å². The molecule has 1 aliphatic rings. The molecule has 0 aromatic rings. The van der Waals surface area contributed by atoms with Gasteiger partial charge in [-0.1, -0.05) is 63.9 Å². The van der Waals surface area contributed by atoms with Crippen LogP contribution in [0.1, 0.15) is 52.4 Å². The molecule has 0 aliphatic heterocycles. The molecule has 100 valence electrons. The number of carboxylic acid groups (broad SMARTS) is 1. The average molecular weight is 266 g/mol. The van der Waals surface area contributed by atoms with Gasteiger partial charge in [0.1, 0.15) is 0 Å². The van der Waals surface area contributed by atoms with Gasteiger partial charge >= 0.3 is 5.97 Å². The Hall–Kier alpha value is -0.960. The van der Waals surface area contributed by atoms with E-state index in [1.54, 1.807) is 6.08 Å². The van der Waals surface area contributed by atoms with Crippen LogP contribution >= 0.6 is 12.2 Å². The van der Waals surface area contributed by atoms with E-state index >= 15 is 0 Å². The first-order valence-corrected chi connectivity index (χ1v) is 7.17. The summed E-state index contributed by atoms with van der Waals surface area (Å²) in [6.45, 7) is 4.09. The SMILES string of the molecule is CCCCCCCC1=CC=C(C(=O)O)C(C)C1=S. The summed E-state index contributed by atoms with van der Waals surface area (Å²) in [6.07, 6.45) is 10.8. The highest BCUT2D eigenvalue weighted by atomic mass is 32.1. The van der Waals surface area contributed by atoms with Gasteiger partial charge < -0.3 is 5.11 Å². The van der Waals surface area contributed by atoms with Crippen LogP contribution < -0.4 is 0 Å². The number of unbranched alkanes of at least 4 members (excludes halogenated alkanes) is 4. The molecule has 0 bridgehead atoms. The Bertz CT molecular complexity index is 380. The summed E-state index contributed by atoms with van der Waals surface area (Å²) >= 11 is 5.37. The molecule has 2 nitrogen and oxygen atoms in total. The van der Waals surface area contributed by atoms with E-state index in [9.17, 15) is 4.79 Å². The zero-order valence-corrected chi connectivity index (χ0v) is 12.1. The van der Waals surface area contributed by atoms with Crippen molar-refractivity contribution in [2.45, 2.75) is 52.4 Å². The Kier molecular flexibility index (Phi) is 6.27. The van der Waals surface area contributed by atoms with Crippen LogP contribution in [0.2, 0.25) is 0 Å². The maximum Gasteiger partial charge on any atom is 0.332 e. The van der Waals surface area contributed by atoms with Crippen molar-refractivity contribution in [2.24, 2.45) is 5.92 Å². The van der Waals surface area contributed by atoms with E-state index in [0.717, 1.165) is 23.3 Å². The minimum absolute atomic E-state index is 0.131. The highest BCUT2D eigenvalue weighted by molar-refractivity contribution is 7.80. The fraction of sp³-hybridized carbons (Fsp3) is 0.600. The number of allylic oxidation sites excluding steroid dienone is 3. The Balaban J connectivity index is 2.51. The molecular weight excluding hydrogens is 244 g/mol. The number of hydrogen-bond donors (Lipinski definition) is 1. The Morgan fingerprint density at radius 1 is 1.28 bits per heavy atom. The monoisotopic (exact) mass is 266 g/mol. The van der Waals surface area contributed by atoms with Gasteiger partial charge in [-0.25, -0.2) is 4.79 Å². The van der Waals surface area contributed by atoms with Crippen LogP contribution in [0.15, 0.2) is 23.3 Å². The molecule has 1 atom stereocenters. The summed E-state index contributed by atoms with van der Waals surface area (Å²) in [5, 5.41) is 9.03. The minimum Gasteiger partial charge on any atom is -0.478 e. The summed E-state index contributed by atoms with van der Waals surface area (Å²) < 4.78 is 0. The smallest absolute Gasteiger partial charge is 0.332 e. The molecule has 0 saturated heterocycles. The summed E-state index contributed by atoms with van der Waals surface area (Å²) in [6, 6.07) is 0. The van der Waals surface area contributed by atoms with E-state index < -0.39 is 5.97 Å². The zero-order chi connectivity index (χ0) is 13.5. The van der Waals surface area contributed by atoms with E-state index in [1.165, 1.54) is 25.7 Å². The Morgan fingerprint density at radius 3 is 2.56 bits per heavy atom. The third-order valence-electron chi connectivity index (χ3n) is 3.44. The van der Waals surface area contributed by atoms with Gasteiger partial charge in [0, 0.05) is 16.4 Å². The summed E-state index contributed by atoms with van der Waals surface area (Å²) in [5.41, 5.74) is 1.56. The fourth-order valence-corrected chi connectivity index (χ4v) is 2.52. The highest BCUT2D eigenvalue weighted by Crippen LogP contribution is 2.26. The number of carbonyl (C=O) groups is 1. The average Bonchev–Trinajstić information content (AvgIpc) is 2.33. The molecule has 0 spiro atoms. The maximum atomic E-state index is 11.0. The lowest BCUT2D eigenvalue weighted by molar-refractivity contribution is -0.133. The van der Waals surface area contributed by atoms with Crippen molar-refractivity contribution in [3.8, 4) is 0 Å². The molecular formula is C15H22O2S. The standard InChI is InChI=1S/C15H22O2S/c1-3-4-5-6-7-8-12-9-10-13(15(16)17)11(2)14(12)18/h9-11H,3-8H2,1-2H3,(H,16,17). The molecule has 1 aliphatic carbocycles. The molecule has 0 saturated carbocycles. The molecule has 0 amide bonds. The second-order valence-electron chi connectivity index (χ2n) is 4.87. The van der Waals surface area contributed by atoms with Gasteiger partial charge in [-0.3, -0.25) is 0 Å². The number of thiocarbonyl (C=S) groups is 1. The van der Waals surface area contributed by atoms with E-state index in [1.807, 2.05) is 13.0 Å². The van der Waals surface area contributed by atoms with E-state index in [4.69, 9.17) is 17.3 Å². The van der Waals surface area contributed by atoms with Crippen molar-refractivity contribution in [1.29, 1.82) is 0 Å². The Morgan fingerprint density at radius 2 is 1.94 bits per heavy atom. The largest absolute Gasteiger partial charge is 0.478 e. The highest BCUT2D eigenvalue weighted by Gasteiger charge is 2.24. The predicted octanol–water partition coefficient (Wildman–Crippen LogP) is 4.30. The van der Waals surface area contributed by atoms with Gasteiger partial charge in [0.15, 0.2) is 0 Å². The number of aliphatic carboxylic acids is 1. The second-order valence-corrected chi connectivity index (χ2v) is 5.31. The predicted molar refractivity (Wildman–Crippen MR) is 78.9 cm³/mol. The summed E-state index contributed by atoms with van der Waals surface area (Å²) in [4.78, 5) is 11.8. The molecule has 0 radical (unpaired) electrons. The van der Waals surface area contributed by atoms with Crippen molar-refractivity contribution in [3.63, 3.8) is 0 Å². The van der Waals surface area contributed by atoms with E-state index in [2.05, 4.69) is 6.92 Å². The molecule has 0 aromatic heterocycles. The van der Waals surface area contributed by atoms with Crippen molar-refractivity contribution >= 4 is 23.1 Å². The third-order valence-corrected chi connectivity index (χ3v) is 4.05. The topological polar surface area (TPSA) is 37.3 Å². The lowest BCUT2D eigenvalue weighted by Gasteiger charge is -2.20. The van der Waals surface area contributed by atoms with Crippen molar-refractivity contribution in [2.75, 3.05) is 0 Å². The van der Waals surface area contributed by atoms with Crippen molar-refractivity contribution in [3.05, 3.63) is 23.3 Å². The lowest BCUT2D eigenvalue weighted by Crippen LogP contribution is -2.21. The van der Waals surface area contributed by atoms with Crippen LogP contribution in [-0.4, -0.2) is 15.9 Å². The van der Waals surface area contributed by atoms with Gasteiger partial charge in [0.2, 0.25) is 0 Å². The first-order chi connectivity index (χ1) is 8.57. The number of rotatable bonds is 7. The van der Waals surface area contributed by atoms with Crippen molar-refractivity contribution in [1.82, 2.24) is 0 Å². The van der Waals surface area contributed by atoms with Crippen LogP contribution in [0.25, 0.3) is 0 Å². The van der Waals surface area contributed by atoms with Crippen LogP contribution in [0.3, 0.4) is 0 Å². The lowest BCUT2D eigenvalue weighted by atomic mass is 9.86. The normalized spacial score (nSPS) is 19.4. The first kappa shape index (κ1) is 15.1. The number of hydrogen-bond acceptors (Lipinski definition) is 2. The molecule has 0 heterocycles. The summed E-state index contributed by atoms with van der Waals surface area (Å²) in [7, 11) is 0. The van der Waals surface area contributed by atoms with E-state index in [-0.39, 0.29) is 5.92 Å². The number of carboxylic acids is 1. The molecule has 1 unspecified atom stereocenters. The molecule has 0 aromatic carbocycles. The minimum atomic E-state index is -0.858. The molecule has 1 N–H and O–H groups in total. The van der Waals surface area contributed by atoms with Crippen LogP contribution in [0.5, 0.6) is 0 Å². The fourth-order valence-electron chi connectivity index (χ4n) is 2.22. The van der Waals surface area contributed by atoms with Crippen LogP contribution in [0, 0.1) is 5.92 Å². The van der Waals surface area contributed by atoms with E-state index in [0.29, 0.717) is 5.57 Å². The Labute approximate surface area is 115 Å². The molecule has 0 fully saturated rings. The van der Waals surface area contributed by atoms with Gasteiger partial charge in [0.05, 0.1) is 0 Å². The van der Waals surface area contributed by atoms with Gasteiger partial charge in [0.25, 0.3) is 0 Å². The quantitative estimate of drug-likeness (QED) is 0.551. The van der Waals surface area contributed by atoms with Crippen LogP contribution in [-0.2, 0) is 4.79 Å². The van der Waals surface area contributed by atoms with Crippen molar-refractivity contribution < 1.29 is 9.90 Å². The first-order valence-electron chi connectivity index (χ1n) is 6.76. The van der Waals surface area contributed by atoms with Crippen LogP contribution in [0.4, 0.5) is 0 Å². The third kappa shape index (κ3) is 4.05. The molecule has 18 heavy (non-hydrogen) atoms. The molecule has 1 rings (SSSR count).